The van der Waals surface area contributed by atoms with E-state index in [2.05, 4.69) is 52.0 Å². The molecule has 0 N–H and O–H groups in total. The molecule has 112 valence electrons. The van der Waals surface area contributed by atoms with Crippen LogP contribution in [0.3, 0.4) is 0 Å². The number of ether oxygens (including phenoxy) is 2. The SMILES string of the molecule is COc1ccc(C(C)(C)C)c(OC2=C(C)C=CC=CC2)c1. The predicted molar refractivity (Wildman–Crippen MR) is 87.9 cm³/mol. The number of rotatable bonds is 3. The third-order valence-electron chi connectivity index (χ3n) is 3.57. The first-order chi connectivity index (χ1) is 9.91. The number of hydrogen-bond acceptors (Lipinski definition) is 2. The minimum Gasteiger partial charge on any atom is -0.497 e. The molecule has 2 heteroatoms. The van der Waals surface area contributed by atoms with Crippen LogP contribution in [0.4, 0.5) is 0 Å². The molecule has 1 aromatic carbocycles. The quantitative estimate of drug-likeness (QED) is 0.763. The zero-order chi connectivity index (χ0) is 15.5. The van der Waals surface area contributed by atoms with E-state index in [4.69, 9.17) is 9.47 Å². The zero-order valence-electron chi connectivity index (χ0n) is 13.6. The van der Waals surface area contributed by atoms with E-state index >= 15 is 0 Å². The van der Waals surface area contributed by atoms with Crippen molar-refractivity contribution in [1.29, 1.82) is 0 Å². The molecule has 0 saturated carbocycles. The zero-order valence-corrected chi connectivity index (χ0v) is 13.6. The van der Waals surface area contributed by atoms with Crippen molar-refractivity contribution in [3.8, 4) is 11.5 Å². The lowest BCUT2D eigenvalue weighted by atomic mass is 9.86. The maximum Gasteiger partial charge on any atom is 0.134 e. The van der Waals surface area contributed by atoms with Crippen LogP contribution in [0.25, 0.3) is 0 Å². The molecule has 0 bridgehead atoms. The molecule has 0 atom stereocenters. The third kappa shape index (κ3) is 3.78. The largest absolute Gasteiger partial charge is 0.497 e. The van der Waals surface area contributed by atoms with E-state index in [1.165, 1.54) is 5.56 Å². The van der Waals surface area contributed by atoms with Gasteiger partial charge in [0.2, 0.25) is 0 Å². The van der Waals surface area contributed by atoms with Crippen LogP contribution in [0.2, 0.25) is 0 Å². The lowest BCUT2D eigenvalue weighted by Crippen LogP contribution is -2.13. The summed E-state index contributed by atoms with van der Waals surface area (Å²) in [6.45, 7) is 8.65. The van der Waals surface area contributed by atoms with Gasteiger partial charge in [-0.2, -0.15) is 0 Å². The standard InChI is InChI=1S/C19H24O2/c1-14-9-7-6-8-10-17(14)21-18-13-15(20-5)11-12-16(18)19(2,3)4/h6-9,11-13H,10H2,1-5H3. The van der Waals surface area contributed by atoms with Gasteiger partial charge >= 0.3 is 0 Å². The van der Waals surface area contributed by atoms with Crippen molar-refractivity contribution >= 4 is 0 Å². The molecule has 1 aromatic rings. The van der Waals surface area contributed by atoms with Gasteiger partial charge in [0.1, 0.15) is 17.3 Å². The van der Waals surface area contributed by atoms with Crippen LogP contribution in [0.15, 0.2) is 53.8 Å². The molecule has 0 unspecified atom stereocenters. The first kappa shape index (κ1) is 15.4. The molecule has 0 heterocycles. The smallest absolute Gasteiger partial charge is 0.134 e. The van der Waals surface area contributed by atoms with Crippen LogP contribution in [0.5, 0.6) is 11.5 Å². The summed E-state index contributed by atoms with van der Waals surface area (Å²) in [5.74, 6) is 2.68. The van der Waals surface area contributed by atoms with Gasteiger partial charge in [0, 0.05) is 18.1 Å². The molecular formula is C19H24O2. The van der Waals surface area contributed by atoms with Crippen molar-refractivity contribution in [1.82, 2.24) is 0 Å². The van der Waals surface area contributed by atoms with Gasteiger partial charge in [-0.15, -0.1) is 0 Å². The van der Waals surface area contributed by atoms with E-state index in [0.717, 1.165) is 29.3 Å². The van der Waals surface area contributed by atoms with Crippen molar-refractivity contribution in [3.05, 3.63) is 59.4 Å². The highest BCUT2D eigenvalue weighted by molar-refractivity contribution is 5.45. The van der Waals surface area contributed by atoms with Gasteiger partial charge in [0.15, 0.2) is 0 Å². The Bertz CT molecular complexity index is 598. The van der Waals surface area contributed by atoms with Gasteiger partial charge in [-0.1, -0.05) is 51.1 Å². The summed E-state index contributed by atoms with van der Waals surface area (Å²) < 4.78 is 11.6. The van der Waals surface area contributed by atoms with Gasteiger partial charge in [-0.25, -0.2) is 0 Å². The molecular weight excluding hydrogens is 260 g/mol. The predicted octanol–water partition coefficient (Wildman–Crippen LogP) is 5.16. The van der Waals surface area contributed by atoms with E-state index in [1.807, 2.05) is 18.2 Å². The number of benzene rings is 1. The maximum absolute atomic E-state index is 6.24. The van der Waals surface area contributed by atoms with Crippen LogP contribution < -0.4 is 9.47 Å². The molecule has 21 heavy (non-hydrogen) atoms. The van der Waals surface area contributed by atoms with Crippen LogP contribution in [-0.2, 0) is 5.41 Å². The number of hydrogen-bond donors (Lipinski definition) is 0. The van der Waals surface area contributed by atoms with E-state index < -0.39 is 0 Å². The fourth-order valence-electron chi connectivity index (χ4n) is 2.30. The summed E-state index contributed by atoms with van der Waals surface area (Å²) in [6, 6.07) is 6.05. The summed E-state index contributed by atoms with van der Waals surface area (Å²) in [4.78, 5) is 0. The monoisotopic (exact) mass is 284 g/mol. The van der Waals surface area contributed by atoms with Crippen molar-refractivity contribution in [2.24, 2.45) is 0 Å². The Balaban J connectivity index is 2.42. The topological polar surface area (TPSA) is 18.5 Å². The van der Waals surface area contributed by atoms with E-state index in [0.29, 0.717) is 0 Å². The minimum atomic E-state index is 0.0203. The fourth-order valence-corrected chi connectivity index (χ4v) is 2.30. The Kier molecular flexibility index (Phi) is 4.56. The molecule has 0 aliphatic heterocycles. The summed E-state index contributed by atoms with van der Waals surface area (Å²) >= 11 is 0. The molecule has 1 aliphatic carbocycles. The van der Waals surface area contributed by atoms with Gasteiger partial charge in [0.25, 0.3) is 0 Å². The van der Waals surface area contributed by atoms with Gasteiger partial charge in [-0.05, 0) is 24.0 Å². The maximum atomic E-state index is 6.24. The lowest BCUT2D eigenvalue weighted by Gasteiger charge is -2.24. The second-order valence-electron chi connectivity index (χ2n) is 6.31. The van der Waals surface area contributed by atoms with Crippen molar-refractivity contribution in [3.63, 3.8) is 0 Å². The number of allylic oxidation sites excluding steroid dienone is 5. The second-order valence-corrected chi connectivity index (χ2v) is 6.31. The number of methoxy groups -OCH3 is 1. The lowest BCUT2D eigenvalue weighted by molar-refractivity contribution is 0.382. The molecule has 2 nitrogen and oxygen atoms in total. The normalized spacial score (nSPS) is 15.1. The first-order valence-electron chi connectivity index (χ1n) is 7.31. The molecule has 2 rings (SSSR count). The highest BCUT2D eigenvalue weighted by atomic mass is 16.5. The van der Waals surface area contributed by atoms with Crippen molar-refractivity contribution < 1.29 is 9.47 Å². The minimum absolute atomic E-state index is 0.0203. The summed E-state index contributed by atoms with van der Waals surface area (Å²) in [5, 5.41) is 0. The molecule has 0 amide bonds. The van der Waals surface area contributed by atoms with Gasteiger partial charge in [-0.3, -0.25) is 0 Å². The second kappa shape index (κ2) is 6.21. The fraction of sp³-hybridized carbons (Fsp3) is 0.368. The van der Waals surface area contributed by atoms with Crippen LogP contribution in [0, 0.1) is 0 Å². The van der Waals surface area contributed by atoms with E-state index in [1.54, 1.807) is 7.11 Å². The van der Waals surface area contributed by atoms with Crippen LogP contribution >= 0.6 is 0 Å². The van der Waals surface area contributed by atoms with Crippen LogP contribution in [-0.4, -0.2) is 7.11 Å². The molecule has 0 fully saturated rings. The summed E-state index contributed by atoms with van der Waals surface area (Å²) in [7, 11) is 1.68. The Labute approximate surface area is 127 Å². The first-order valence-corrected chi connectivity index (χ1v) is 7.31. The van der Waals surface area contributed by atoms with Gasteiger partial charge < -0.3 is 9.47 Å². The average molecular weight is 284 g/mol. The Hall–Kier alpha value is -1.96. The van der Waals surface area contributed by atoms with Crippen molar-refractivity contribution in [2.75, 3.05) is 7.11 Å². The van der Waals surface area contributed by atoms with E-state index in [9.17, 15) is 0 Å². The molecule has 0 spiro atoms. The molecule has 0 radical (unpaired) electrons. The van der Waals surface area contributed by atoms with Gasteiger partial charge in [0.05, 0.1) is 7.11 Å². The third-order valence-corrected chi connectivity index (χ3v) is 3.57. The Morgan fingerprint density at radius 2 is 1.86 bits per heavy atom. The Morgan fingerprint density at radius 3 is 2.52 bits per heavy atom. The van der Waals surface area contributed by atoms with Crippen LogP contribution in [0.1, 0.15) is 39.7 Å². The highest BCUT2D eigenvalue weighted by Gasteiger charge is 2.20. The molecule has 0 aromatic heterocycles. The highest BCUT2D eigenvalue weighted by Crippen LogP contribution is 2.36. The van der Waals surface area contributed by atoms with Crippen molar-refractivity contribution in [2.45, 2.75) is 39.5 Å². The molecule has 1 aliphatic rings. The Morgan fingerprint density at radius 1 is 1.10 bits per heavy atom. The summed E-state index contributed by atoms with van der Waals surface area (Å²) in [5.41, 5.74) is 2.36. The average Bonchev–Trinajstić information content (AvgIpc) is 2.63. The summed E-state index contributed by atoms with van der Waals surface area (Å²) in [6.07, 6.45) is 9.09. The molecule has 0 saturated heterocycles. The van der Waals surface area contributed by atoms with E-state index in [-0.39, 0.29) is 5.41 Å².